The number of ketones is 1. The van der Waals surface area contributed by atoms with Crippen LogP contribution in [0.4, 0.5) is 0 Å². The summed E-state index contributed by atoms with van der Waals surface area (Å²) in [4.78, 5) is 11.1. The zero-order valence-electron chi connectivity index (χ0n) is 7.13. The van der Waals surface area contributed by atoms with Crippen molar-refractivity contribution in [1.29, 1.82) is 0 Å². The van der Waals surface area contributed by atoms with Gasteiger partial charge in [-0.15, -0.1) is 0 Å². The molecule has 3 fully saturated rings. The summed E-state index contributed by atoms with van der Waals surface area (Å²) in [6.07, 6.45) is 1.28. The Morgan fingerprint density at radius 1 is 1.55 bits per heavy atom. The quantitative estimate of drug-likeness (QED) is 0.604. The summed E-state index contributed by atoms with van der Waals surface area (Å²) in [5.41, 5.74) is 0. The van der Waals surface area contributed by atoms with Gasteiger partial charge in [0.2, 0.25) is 0 Å². The van der Waals surface area contributed by atoms with Gasteiger partial charge in [0.25, 0.3) is 0 Å². The SMILES string of the molecule is CC(=O)[C@H]1NCC2CC1C2C. The van der Waals surface area contributed by atoms with E-state index in [0.717, 1.165) is 18.4 Å². The summed E-state index contributed by atoms with van der Waals surface area (Å²) in [5, 5.41) is 3.30. The van der Waals surface area contributed by atoms with Crippen LogP contribution in [0, 0.1) is 17.8 Å². The number of piperidine rings is 2. The second-order valence-electron chi connectivity index (χ2n) is 4.02. The van der Waals surface area contributed by atoms with Crippen molar-refractivity contribution >= 4 is 5.78 Å². The van der Waals surface area contributed by atoms with Gasteiger partial charge in [-0.2, -0.15) is 0 Å². The first-order valence-electron chi connectivity index (χ1n) is 4.44. The van der Waals surface area contributed by atoms with Gasteiger partial charge in [0.05, 0.1) is 6.04 Å². The van der Waals surface area contributed by atoms with Crippen LogP contribution in [-0.2, 0) is 4.79 Å². The Kier molecular flexibility index (Phi) is 1.53. The average molecular weight is 153 g/mol. The third-order valence-corrected chi connectivity index (χ3v) is 3.46. The molecule has 0 aromatic carbocycles. The van der Waals surface area contributed by atoms with Crippen LogP contribution in [0.1, 0.15) is 20.3 Å². The topological polar surface area (TPSA) is 29.1 Å². The van der Waals surface area contributed by atoms with Gasteiger partial charge >= 0.3 is 0 Å². The van der Waals surface area contributed by atoms with Gasteiger partial charge in [-0.3, -0.25) is 4.79 Å². The molecule has 0 aromatic heterocycles. The number of hydrogen-bond acceptors (Lipinski definition) is 2. The van der Waals surface area contributed by atoms with E-state index in [9.17, 15) is 4.79 Å². The van der Waals surface area contributed by atoms with Crippen LogP contribution < -0.4 is 5.32 Å². The molecule has 3 unspecified atom stereocenters. The maximum atomic E-state index is 11.1. The molecule has 1 aliphatic carbocycles. The van der Waals surface area contributed by atoms with E-state index in [1.807, 2.05) is 0 Å². The number of rotatable bonds is 1. The molecule has 3 rings (SSSR count). The first kappa shape index (κ1) is 7.29. The zero-order chi connectivity index (χ0) is 8.01. The van der Waals surface area contributed by atoms with Gasteiger partial charge in [-0.25, -0.2) is 0 Å². The molecule has 0 amide bonds. The lowest BCUT2D eigenvalue weighted by atomic mass is 9.59. The molecule has 2 nitrogen and oxygen atoms in total. The lowest BCUT2D eigenvalue weighted by molar-refractivity contribution is -0.126. The molecule has 2 heterocycles. The zero-order valence-corrected chi connectivity index (χ0v) is 7.13. The molecule has 2 saturated heterocycles. The van der Waals surface area contributed by atoms with Gasteiger partial charge in [-0.1, -0.05) is 6.92 Å². The fourth-order valence-electron chi connectivity index (χ4n) is 2.52. The van der Waals surface area contributed by atoms with E-state index in [-0.39, 0.29) is 6.04 Å². The number of carbonyl (C=O) groups is 1. The summed E-state index contributed by atoms with van der Waals surface area (Å²) in [5.74, 6) is 2.60. The van der Waals surface area contributed by atoms with Crippen LogP contribution in [-0.4, -0.2) is 18.4 Å². The van der Waals surface area contributed by atoms with Crippen LogP contribution in [0.3, 0.4) is 0 Å². The van der Waals surface area contributed by atoms with Crippen molar-refractivity contribution < 1.29 is 4.79 Å². The van der Waals surface area contributed by atoms with E-state index in [1.165, 1.54) is 6.42 Å². The Morgan fingerprint density at radius 3 is 2.64 bits per heavy atom. The van der Waals surface area contributed by atoms with Crippen LogP contribution in [0.2, 0.25) is 0 Å². The van der Waals surface area contributed by atoms with Crippen molar-refractivity contribution in [2.75, 3.05) is 6.54 Å². The predicted molar refractivity (Wildman–Crippen MR) is 43.2 cm³/mol. The van der Waals surface area contributed by atoms with Crippen LogP contribution in [0.25, 0.3) is 0 Å². The van der Waals surface area contributed by atoms with Gasteiger partial charge in [0, 0.05) is 0 Å². The second kappa shape index (κ2) is 2.31. The van der Waals surface area contributed by atoms with Gasteiger partial charge in [0.15, 0.2) is 0 Å². The molecule has 2 heteroatoms. The van der Waals surface area contributed by atoms with E-state index < -0.39 is 0 Å². The fraction of sp³-hybridized carbons (Fsp3) is 0.889. The predicted octanol–water partition coefficient (Wildman–Crippen LogP) is 0.819. The Morgan fingerprint density at radius 2 is 2.27 bits per heavy atom. The summed E-state index contributed by atoms with van der Waals surface area (Å²) in [6.45, 7) is 5.03. The van der Waals surface area contributed by atoms with Gasteiger partial charge in [-0.05, 0) is 37.6 Å². The first-order chi connectivity index (χ1) is 5.20. The minimum absolute atomic E-state index is 0.176. The Bertz CT molecular complexity index is 188. The molecule has 0 spiro atoms. The number of Topliss-reactive ketones (excluding diaryl/α,β-unsaturated/α-hetero) is 1. The molecular formula is C9H15NO. The van der Waals surface area contributed by atoms with E-state index in [2.05, 4.69) is 12.2 Å². The molecule has 4 atom stereocenters. The minimum Gasteiger partial charge on any atom is -0.307 e. The van der Waals surface area contributed by atoms with E-state index in [0.29, 0.717) is 11.7 Å². The third kappa shape index (κ3) is 0.924. The largest absolute Gasteiger partial charge is 0.307 e. The summed E-state index contributed by atoms with van der Waals surface area (Å²) < 4.78 is 0. The minimum atomic E-state index is 0.176. The average Bonchev–Trinajstić information content (AvgIpc) is 2.03. The Balaban J connectivity index is 2.07. The molecule has 0 aromatic rings. The molecule has 3 aliphatic rings. The molecular weight excluding hydrogens is 138 g/mol. The Labute approximate surface area is 67.4 Å². The molecule has 1 N–H and O–H groups in total. The maximum Gasteiger partial charge on any atom is 0.146 e. The molecule has 2 aliphatic heterocycles. The molecule has 2 bridgehead atoms. The number of carbonyl (C=O) groups excluding carboxylic acids is 1. The first-order valence-corrected chi connectivity index (χ1v) is 4.44. The van der Waals surface area contributed by atoms with Gasteiger partial charge < -0.3 is 5.32 Å². The van der Waals surface area contributed by atoms with E-state index in [4.69, 9.17) is 0 Å². The number of fused-ring (bicyclic) bond motifs is 2. The van der Waals surface area contributed by atoms with Crippen molar-refractivity contribution in [2.45, 2.75) is 26.3 Å². The standard InChI is InChI=1S/C9H15NO/c1-5-7-3-8(5)9(6(2)11)10-4-7/h5,7-10H,3-4H2,1-2H3/t5?,7?,8?,9-/m1/s1. The number of nitrogens with one attached hydrogen (secondary N) is 1. The highest BCUT2D eigenvalue weighted by molar-refractivity contribution is 5.82. The molecule has 1 saturated carbocycles. The van der Waals surface area contributed by atoms with Crippen LogP contribution >= 0.6 is 0 Å². The van der Waals surface area contributed by atoms with Crippen LogP contribution in [0.5, 0.6) is 0 Å². The number of hydrogen-bond donors (Lipinski definition) is 1. The molecule has 0 radical (unpaired) electrons. The fourth-order valence-corrected chi connectivity index (χ4v) is 2.52. The monoisotopic (exact) mass is 153 g/mol. The van der Waals surface area contributed by atoms with Crippen LogP contribution in [0.15, 0.2) is 0 Å². The highest BCUT2D eigenvalue weighted by Gasteiger charge is 2.47. The smallest absolute Gasteiger partial charge is 0.146 e. The van der Waals surface area contributed by atoms with Crippen molar-refractivity contribution in [1.82, 2.24) is 5.32 Å². The van der Waals surface area contributed by atoms with Crippen molar-refractivity contribution in [2.24, 2.45) is 17.8 Å². The normalized spacial score (nSPS) is 48.2. The summed E-state index contributed by atoms with van der Waals surface area (Å²) in [6, 6.07) is 0.176. The third-order valence-electron chi connectivity index (χ3n) is 3.46. The van der Waals surface area contributed by atoms with Crippen molar-refractivity contribution in [3.63, 3.8) is 0 Å². The van der Waals surface area contributed by atoms with E-state index in [1.54, 1.807) is 6.92 Å². The van der Waals surface area contributed by atoms with Gasteiger partial charge in [0.1, 0.15) is 5.78 Å². The highest BCUT2D eigenvalue weighted by atomic mass is 16.1. The molecule has 11 heavy (non-hydrogen) atoms. The lowest BCUT2D eigenvalue weighted by Gasteiger charge is -2.52. The molecule has 62 valence electrons. The highest BCUT2D eigenvalue weighted by Crippen LogP contribution is 2.45. The van der Waals surface area contributed by atoms with E-state index >= 15 is 0 Å². The van der Waals surface area contributed by atoms with Crippen molar-refractivity contribution in [3.8, 4) is 0 Å². The second-order valence-corrected chi connectivity index (χ2v) is 4.02. The summed E-state index contributed by atoms with van der Waals surface area (Å²) >= 11 is 0. The lowest BCUT2D eigenvalue weighted by Crippen LogP contribution is -2.60. The maximum absolute atomic E-state index is 11.1. The van der Waals surface area contributed by atoms with Crippen molar-refractivity contribution in [3.05, 3.63) is 0 Å². The summed E-state index contributed by atoms with van der Waals surface area (Å²) in [7, 11) is 0. The Hall–Kier alpha value is -0.370.